The van der Waals surface area contributed by atoms with Gasteiger partial charge < -0.3 is 10.2 Å². The van der Waals surface area contributed by atoms with E-state index >= 15 is 0 Å². The average molecular weight is 279 g/mol. The number of nitrogens with one attached hydrogen (secondary N) is 1. The molecule has 0 radical (unpaired) electrons. The summed E-state index contributed by atoms with van der Waals surface area (Å²) in [5.74, 6) is -0.159. The van der Waals surface area contributed by atoms with Crippen molar-refractivity contribution in [2.75, 3.05) is 14.1 Å². The molecule has 2 amide bonds. The highest BCUT2D eigenvalue weighted by Crippen LogP contribution is 2.27. The number of rotatable bonds is 2. The van der Waals surface area contributed by atoms with Gasteiger partial charge in [-0.15, -0.1) is 11.3 Å². The molecule has 5 nitrogen and oxygen atoms in total. The third-order valence-corrected chi connectivity index (χ3v) is 4.03. The summed E-state index contributed by atoms with van der Waals surface area (Å²) in [6.45, 7) is 0. The largest absolute Gasteiger partial charge is 0.359 e. The van der Waals surface area contributed by atoms with Gasteiger partial charge in [0, 0.05) is 32.1 Å². The van der Waals surface area contributed by atoms with Crippen LogP contribution in [0.5, 0.6) is 0 Å². The molecule has 102 valence electrons. The van der Waals surface area contributed by atoms with Crippen molar-refractivity contribution in [3.8, 4) is 0 Å². The van der Waals surface area contributed by atoms with Crippen molar-refractivity contribution in [1.29, 1.82) is 0 Å². The Morgan fingerprint density at radius 2 is 2.37 bits per heavy atom. The zero-order chi connectivity index (χ0) is 13.8. The van der Waals surface area contributed by atoms with Crippen LogP contribution in [0.15, 0.2) is 17.7 Å². The van der Waals surface area contributed by atoms with Gasteiger partial charge in [0.05, 0.1) is 11.6 Å². The number of hydrogen-bond acceptors (Lipinski definition) is 4. The van der Waals surface area contributed by atoms with Crippen molar-refractivity contribution in [1.82, 2.24) is 15.2 Å². The molecule has 2 rings (SSSR count). The molecule has 1 aromatic rings. The first-order valence-corrected chi connectivity index (χ1v) is 7.11. The molecule has 2 heterocycles. The van der Waals surface area contributed by atoms with Crippen LogP contribution in [-0.2, 0) is 9.59 Å². The van der Waals surface area contributed by atoms with E-state index in [-0.39, 0.29) is 17.7 Å². The highest BCUT2D eigenvalue weighted by atomic mass is 32.1. The third kappa shape index (κ3) is 3.01. The number of aromatic nitrogens is 1. The van der Waals surface area contributed by atoms with Crippen molar-refractivity contribution in [3.63, 3.8) is 0 Å². The van der Waals surface area contributed by atoms with Gasteiger partial charge in [0.2, 0.25) is 11.8 Å². The standard InChI is InChI=1S/C13H17N3O2S/c1-14-12(18)9-4-3-5-11(17)16(2)10(8-9)13-15-6-7-19-13/h6-9H,3-5H2,1-2H3,(H,14,18)/b10-8-. The molecule has 0 saturated carbocycles. The summed E-state index contributed by atoms with van der Waals surface area (Å²) in [5, 5.41) is 5.30. The predicted octanol–water partition coefficient (Wildman–Crippen LogP) is 1.49. The second kappa shape index (κ2) is 5.97. The molecular formula is C13H17N3O2S. The van der Waals surface area contributed by atoms with Crippen LogP contribution in [0.1, 0.15) is 24.3 Å². The molecule has 1 aliphatic rings. The number of carbonyl (C=O) groups excluding carboxylic acids is 2. The monoisotopic (exact) mass is 279 g/mol. The fourth-order valence-corrected chi connectivity index (χ4v) is 2.82. The number of amides is 2. The van der Waals surface area contributed by atoms with E-state index in [1.807, 2.05) is 11.5 Å². The Kier molecular flexibility index (Phi) is 4.31. The average Bonchev–Trinajstić information content (AvgIpc) is 2.93. The molecule has 0 saturated heterocycles. The minimum atomic E-state index is -0.209. The Morgan fingerprint density at radius 1 is 1.58 bits per heavy atom. The maximum atomic E-state index is 12.0. The van der Waals surface area contributed by atoms with Crippen LogP contribution >= 0.6 is 11.3 Å². The highest BCUT2D eigenvalue weighted by Gasteiger charge is 2.24. The van der Waals surface area contributed by atoms with E-state index in [9.17, 15) is 9.59 Å². The van der Waals surface area contributed by atoms with Crippen molar-refractivity contribution < 1.29 is 9.59 Å². The minimum absolute atomic E-state index is 0.0168. The fraction of sp³-hybridized carbons (Fsp3) is 0.462. The Bertz CT molecular complexity index is 496. The van der Waals surface area contributed by atoms with Gasteiger partial charge in [-0.1, -0.05) is 0 Å². The molecule has 1 aromatic heterocycles. The van der Waals surface area contributed by atoms with E-state index in [2.05, 4.69) is 10.3 Å². The molecule has 1 N–H and O–H groups in total. The smallest absolute Gasteiger partial charge is 0.226 e. The Balaban J connectivity index is 2.39. The van der Waals surface area contributed by atoms with E-state index in [4.69, 9.17) is 0 Å². The molecule has 19 heavy (non-hydrogen) atoms. The van der Waals surface area contributed by atoms with Gasteiger partial charge >= 0.3 is 0 Å². The molecular weight excluding hydrogens is 262 g/mol. The van der Waals surface area contributed by atoms with E-state index in [0.29, 0.717) is 12.8 Å². The molecule has 1 aliphatic heterocycles. The first kappa shape index (κ1) is 13.7. The lowest BCUT2D eigenvalue weighted by atomic mass is 9.97. The second-order valence-electron chi connectivity index (χ2n) is 4.45. The van der Waals surface area contributed by atoms with Gasteiger partial charge in [0.25, 0.3) is 0 Å². The predicted molar refractivity (Wildman–Crippen MR) is 74.3 cm³/mol. The van der Waals surface area contributed by atoms with Crippen molar-refractivity contribution in [3.05, 3.63) is 22.7 Å². The first-order chi connectivity index (χ1) is 9.13. The van der Waals surface area contributed by atoms with Crippen LogP contribution < -0.4 is 5.32 Å². The summed E-state index contributed by atoms with van der Waals surface area (Å²) in [4.78, 5) is 29.7. The van der Waals surface area contributed by atoms with Crippen LogP contribution in [-0.4, -0.2) is 35.8 Å². The van der Waals surface area contributed by atoms with Gasteiger partial charge in [-0.25, -0.2) is 4.98 Å². The quantitative estimate of drug-likeness (QED) is 0.892. The van der Waals surface area contributed by atoms with Gasteiger partial charge in [-0.3, -0.25) is 9.59 Å². The minimum Gasteiger partial charge on any atom is -0.359 e. The summed E-state index contributed by atoms with van der Waals surface area (Å²) < 4.78 is 0. The molecule has 0 aromatic carbocycles. The maximum Gasteiger partial charge on any atom is 0.226 e. The van der Waals surface area contributed by atoms with Crippen LogP contribution in [0.3, 0.4) is 0 Å². The number of hydrogen-bond donors (Lipinski definition) is 1. The molecule has 1 unspecified atom stereocenters. The van der Waals surface area contributed by atoms with Gasteiger partial charge in [0.1, 0.15) is 5.01 Å². The fourth-order valence-electron chi connectivity index (χ4n) is 2.12. The molecule has 1 atom stereocenters. The molecule has 0 spiro atoms. The number of carbonyl (C=O) groups is 2. The Labute approximate surface area is 116 Å². The summed E-state index contributed by atoms with van der Waals surface area (Å²) in [6.07, 6.45) is 5.44. The third-order valence-electron chi connectivity index (χ3n) is 3.23. The lowest BCUT2D eigenvalue weighted by Crippen LogP contribution is -2.31. The summed E-state index contributed by atoms with van der Waals surface area (Å²) in [5.41, 5.74) is 0.730. The van der Waals surface area contributed by atoms with Crippen LogP contribution in [0.2, 0.25) is 0 Å². The molecule has 0 bridgehead atoms. The Hall–Kier alpha value is -1.69. The first-order valence-electron chi connectivity index (χ1n) is 6.23. The van der Waals surface area contributed by atoms with Gasteiger partial charge in [0.15, 0.2) is 0 Å². The van der Waals surface area contributed by atoms with E-state index < -0.39 is 0 Å². The van der Waals surface area contributed by atoms with Crippen molar-refractivity contribution in [2.24, 2.45) is 5.92 Å². The van der Waals surface area contributed by atoms with Crippen molar-refractivity contribution >= 4 is 28.8 Å². The lowest BCUT2D eigenvalue weighted by Gasteiger charge is -2.24. The normalized spacial score (nSPS) is 23.3. The number of thiazole rings is 1. The van der Waals surface area contributed by atoms with Gasteiger partial charge in [-0.2, -0.15) is 0 Å². The van der Waals surface area contributed by atoms with E-state index in [1.165, 1.54) is 11.3 Å². The van der Waals surface area contributed by atoms with Crippen molar-refractivity contribution in [2.45, 2.75) is 19.3 Å². The zero-order valence-corrected chi connectivity index (χ0v) is 11.9. The number of nitrogens with zero attached hydrogens (tertiary/aromatic N) is 2. The van der Waals surface area contributed by atoms with E-state index in [0.717, 1.165) is 17.1 Å². The lowest BCUT2D eigenvalue weighted by molar-refractivity contribution is -0.128. The Morgan fingerprint density at radius 3 is 3.00 bits per heavy atom. The zero-order valence-electron chi connectivity index (χ0n) is 11.0. The highest BCUT2D eigenvalue weighted by molar-refractivity contribution is 7.10. The molecule has 6 heteroatoms. The second-order valence-corrected chi connectivity index (χ2v) is 5.35. The topological polar surface area (TPSA) is 62.3 Å². The summed E-state index contributed by atoms with van der Waals surface area (Å²) >= 11 is 1.47. The molecule has 0 fully saturated rings. The van der Waals surface area contributed by atoms with Gasteiger partial charge in [-0.05, 0) is 18.9 Å². The summed E-state index contributed by atoms with van der Waals surface area (Å²) in [7, 11) is 3.37. The van der Waals surface area contributed by atoms with E-state index in [1.54, 1.807) is 25.2 Å². The summed E-state index contributed by atoms with van der Waals surface area (Å²) in [6, 6.07) is 0. The van der Waals surface area contributed by atoms with Crippen LogP contribution in [0.25, 0.3) is 5.70 Å². The molecule has 0 aliphatic carbocycles. The van der Waals surface area contributed by atoms with Crippen LogP contribution in [0, 0.1) is 5.92 Å². The SMILES string of the molecule is CNC(=O)C1/C=C(/c2nccs2)N(C)C(=O)CCC1. The van der Waals surface area contributed by atoms with Crippen LogP contribution in [0.4, 0.5) is 0 Å². The maximum absolute atomic E-state index is 12.0.